The summed E-state index contributed by atoms with van der Waals surface area (Å²) in [5, 5.41) is 11.9. The van der Waals surface area contributed by atoms with E-state index in [4.69, 9.17) is 5.11 Å². The highest BCUT2D eigenvalue weighted by Gasteiger charge is 2.12. The zero-order chi connectivity index (χ0) is 16.7. The van der Waals surface area contributed by atoms with Gasteiger partial charge in [-0.1, -0.05) is 18.9 Å². The average Bonchev–Trinajstić information content (AvgIpc) is 2.52. The van der Waals surface area contributed by atoms with E-state index in [0.717, 1.165) is 19.3 Å². The maximum absolute atomic E-state index is 13.6. The zero-order valence-electron chi connectivity index (χ0n) is 12.7. The van der Waals surface area contributed by atoms with Crippen molar-refractivity contribution in [2.75, 3.05) is 6.54 Å². The number of carboxylic acid groups (broad SMARTS) is 1. The van der Waals surface area contributed by atoms with E-state index in [1.807, 2.05) is 0 Å². The molecule has 5 nitrogen and oxygen atoms in total. The molecule has 0 aliphatic heterocycles. The molecule has 6 heteroatoms. The number of halogens is 1. The van der Waals surface area contributed by atoms with E-state index in [1.54, 1.807) is 18.3 Å². The van der Waals surface area contributed by atoms with Gasteiger partial charge in [0.05, 0.1) is 11.1 Å². The molecule has 0 saturated heterocycles. The van der Waals surface area contributed by atoms with Crippen LogP contribution in [0.2, 0.25) is 0 Å². The molecule has 0 fully saturated rings. The Kier molecular flexibility index (Phi) is 6.02. The van der Waals surface area contributed by atoms with Crippen molar-refractivity contribution in [1.82, 2.24) is 10.3 Å². The summed E-state index contributed by atoms with van der Waals surface area (Å²) in [5.41, 5.74) is 0.708. The average molecular weight is 318 g/mol. The van der Waals surface area contributed by atoms with Crippen LogP contribution in [0.1, 0.15) is 42.5 Å². The van der Waals surface area contributed by atoms with Crippen LogP contribution in [0.5, 0.6) is 0 Å². The molecule has 23 heavy (non-hydrogen) atoms. The molecular formula is C17H19FN2O3. The first-order valence-electron chi connectivity index (χ1n) is 7.62. The molecular weight excluding hydrogens is 299 g/mol. The number of fused-ring (bicyclic) bond motifs is 1. The standard InChI is InChI=1S/C17H19FN2O3/c18-13-10-12-6-5-9-19-16(12)14(11-13)17(23)20-8-4-2-1-3-7-15(21)22/h5-6,9-11H,1-4,7-8H2,(H,20,23)(H,21,22). The Morgan fingerprint density at radius 2 is 1.96 bits per heavy atom. The number of carbonyl (C=O) groups is 2. The van der Waals surface area contributed by atoms with E-state index in [2.05, 4.69) is 10.3 Å². The summed E-state index contributed by atoms with van der Waals surface area (Å²) in [6.07, 6.45) is 4.79. The number of aliphatic carboxylic acids is 1. The van der Waals surface area contributed by atoms with Crippen LogP contribution in [0.15, 0.2) is 30.5 Å². The third-order valence-electron chi connectivity index (χ3n) is 3.52. The molecule has 1 aromatic carbocycles. The van der Waals surface area contributed by atoms with Gasteiger partial charge < -0.3 is 10.4 Å². The first-order chi connectivity index (χ1) is 11.1. The topological polar surface area (TPSA) is 79.3 Å². The fraction of sp³-hybridized carbons (Fsp3) is 0.353. The molecule has 0 aliphatic carbocycles. The van der Waals surface area contributed by atoms with Crippen molar-refractivity contribution in [1.29, 1.82) is 0 Å². The normalized spacial score (nSPS) is 10.7. The minimum absolute atomic E-state index is 0.174. The van der Waals surface area contributed by atoms with Crippen molar-refractivity contribution in [3.63, 3.8) is 0 Å². The highest BCUT2D eigenvalue weighted by Crippen LogP contribution is 2.18. The number of carbonyl (C=O) groups excluding carboxylic acids is 1. The summed E-state index contributed by atoms with van der Waals surface area (Å²) in [7, 11) is 0. The fourth-order valence-electron chi connectivity index (χ4n) is 2.38. The van der Waals surface area contributed by atoms with Crippen molar-refractivity contribution in [3.8, 4) is 0 Å². The van der Waals surface area contributed by atoms with Crippen molar-refractivity contribution in [3.05, 3.63) is 41.8 Å². The van der Waals surface area contributed by atoms with Gasteiger partial charge in [0.1, 0.15) is 5.82 Å². The van der Waals surface area contributed by atoms with Crippen LogP contribution >= 0.6 is 0 Å². The number of pyridine rings is 1. The van der Waals surface area contributed by atoms with Gasteiger partial charge in [-0.05, 0) is 31.0 Å². The molecule has 2 rings (SSSR count). The van der Waals surface area contributed by atoms with Gasteiger partial charge in [0, 0.05) is 24.5 Å². The van der Waals surface area contributed by atoms with Gasteiger partial charge in [-0.25, -0.2) is 4.39 Å². The summed E-state index contributed by atoms with van der Waals surface area (Å²) in [6, 6.07) is 5.95. The van der Waals surface area contributed by atoms with E-state index in [9.17, 15) is 14.0 Å². The minimum atomic E-state index is -0.788. The largest absolute Gasteiger partial charge is 0.481 e. The van der Waals surface area contributed by atoms with E-state index >= 15 is 0 Å². The Hall–Kier alpha value is -2.50. The third kappa shape index (κ3) is 5.02. The Labute approximate surface area is 133 Å². The number of nitrogens with one attached hydrogen (secondary N) is 1. The van der Waals surface area contributed by atoms with Crippen LogP contribution in [0.3, 0.4) is 0 Å². The van der Waals surface area contributed by atoms with E-state index in [-0.39, 0.29) is 17.9 Å². The molecule has 1 heterocycles. The van der Waals surface area contributed by atoms with Crippen molar-refractivity contribution < 1.29 is 19.1 Å². The summed E-state index contributed by atoms with van der Waals surface area (Å²) in [5.74, 6) is -1.60. The lowest BCUT2D eigenvalue weighted by atomic mass is 10.1. The highest BCUT2D eigenvalue weighted by molar-refractivity contribution is 6.05. The Morgan fingerprint density at radius 1 is 1.17 bits per heavy atom. The molecule has 0 aliphatic rings. The number of rotatable bonds is 8. The fourth-order valence-corrected chi connectivity index (χ4v) is 2.38. The number of hydrogen-bond acceptors (Lipinski definition) is 3. The third-order valence-corrected chi connectivity index (χ3v) is 3.52. The van der Waals surface area contributed by atoms with Crippen LogP contribution in [0.4, 0.5) is 4.39 Å². The second kappa shape index (κ2) is 8.22. The second-order valence-electron chi connectivity index (χ2n) is 5.34. The molecule has 0 unspecified atom stereocenters. The lowest BCUT2D eigenvalue weighted by Crippen LogP contribution is -2.25. The maximum Gasteiger partial charge on any atom is 0.303 e. The predicted octanol–water partition coefficient (Wildman–Crippen LogP) is 3.14. The molecule has 122 valence electrons. The predicted molar refractivity (Wildman–Crippen MR) is 84.8 cm³/mol. The van der Waals surface area contributed by atoms with Crippen LogP contribution in [0.25, 0.3) is 10.9 Å². The van der Waals surface area contributed by atoms with Gasteiger partial charge in [-0.15, -0.1) is 0 Å². The minimum Gasteiger partial charge on any atom is -0.481 e. The van der Waals surface area contributed by atoms with Gasteiger partial charge in [0.15, 0.2) is 0 Å². The lowest BCUT2D eigenvalue weighted by Gasteiger charge is -2.08. The quantitative estimate of drug-likeness (QED) is 0.733. The molecule has 0 radical (unpaired) electrons. The lowest BCUT2D eigenvalue weighted by molar-refractivity contribution is -0.137. The Bertz CT molecular complexity index is 703. The van der Waals surface area contributed by atoms with Crippen LogP contribution in [0, 0.1) is 5.82 Å². The first-order valence-corrected chi connectivity index (χ1v) is 7.62. The molecule has 0 atom stereocenters. The van der Waals surface area contributed by atoms with Crippen molar-refractivity contribution in [2.24, 2.45) is 0 Å². The number of carboxylic acids is 1. The van der Waals surface area contributed by atoms with Crippen molar-refractivity contribution >= 4 is 22.8 Å². The SMILES string of the molecule is O=C(O)CCCCCCNC(=O)c1cc(F)cc2cccnc12. The maximum atomic E-state index is 13.6. The van der Waals surface area contributed by atoms with E-state index < -0.39 is 11.8 Å². The molecule has 2 N–H and O–H groups in total. The molecule has 0 saturated carbocycles. The number of hydrogen-bond donors (Lipinski definition) is 2. The molecule has 2 aromatic rings. The molecule has 1 amide bonds. The van der Waals surface area contributed by atoms with Crippen LogP contribution in [-0.4, -0.2) is 28.5 Å². The first kappa shape index (κ1) is 16.9. The van der Waals surface area contributed by atoms with Crippen molar-refractivity contribution in [2.45, 2.75) is 32.1 Å². The number of unbranched alkanes of at least 4 members (excludes halogenated alkanes) is 3. The van der Waals surface area contributed by atoms with Crippen LogP contribution in [-0.2, 0) is 4.79 Å². The van der Waals surface area contributed by atoms with Gasteiger partial charge in [0.2, 0.25) is 0 Å². The number of amides is 1. The molecule has 0 spiro atoms. The Balaban J connectivity index is 1.86. The smallest absolute Gasteiger partial charge is 0.303 e. The second-order valence-corrected chi connectivity index (χ2v) is 5.34. The summed E-state index contributed by atoms with van der Waals surface area (Å²) < 4.78 is 13.6. The van der Waals surface area contributed by atoms with Gasteiger partial charge >= 0.3 is 5.97 Å². The number of benzene rings is 1. The summed E-state index contributed by atoms with van der Waals surface area (Å²) in [6.45, 7) is 0.469. The van der Waals surface area contributed by atoms with E-state index in [1.165, 1.54) is 12.1 Å². The monoisotopic (exact) mass is 318 g/mol. The Morgan fingerprint density at radius 3 is 2.74 bits per heavy atom. The summed E-state index contributed by atoms with van der Waals surface area (Å²) in [4.78, 5) is 26.7. The van der Waals surface area contributed by atoms with Gasteiger partial charge in [0.25, 0.3) is 5.91 Å². The highest BCUT2D eigenvalue weighted by atomic mass is 19.1. The van der Waals surface area contributed by atoms with E-state index in [0.29, 0.717) is 23.9 Å². The van der Waals surface area contributed by atoms with Gasteiger partial charge in [-0.3, -0.25) is 14.6 Å². The molecule has 0 bridgehead atoms. The van der Waals surface area contributed by atoms with Crippen LogP contribution < -0.4 is 5.32 Å². The summed E-state index contributed by atoms with van der Waals surface area (Å²) >= 11 is 0. The number of aromatic nitrogens is 1. The zero-order valence-corrected chi connectivity index (χ0v) is 12.7. The van der Waals surface area contributed by atoms with Gasteiger partial charge in [-0.2, -0.15) is 0 Å². The molecule has 1 aromatic heterocycles. The number of nitrogens with zero attached hydrogens (tertiary/aromatic N) is 1.